The summed E-state index contributed by atoms with van der Waals surface area (Å²) in [5.41, 5.74) is 3.57. The molecule has 0 atom stereocenters. The summed E-state index contributed by atoms with van der Waals surface area (Å²) in [5, 5.41) is 2.65. The Balaban J connectivity index is 1.41. The van der Waals surface area contributed by atoms with Crippen LogP contribution in [0.1, 0.15) is 24.0 Å². The van der Waals surface area contributed by atoms with Crippen molar-refractivity contribution >= 4 is 29.2 Å². The van der Waals surface area contributed by atoms with Gasteiger partial charge in [0.15, 0.2) is 13.2 Å². The lowest BCUT2D eigenvalue weighted by atomic mass is 10.1. The molecule has 2 aromatic rings. The Labute approximate surface area is 169 Å². The van der Waals surface area contributed by atoms with Gasteiger partial charge in [0, 0.05) is 24.3 Å². The van der Waals surface area contributed by atoms with Gasteiger partial charge in [-0.1, -0.05) is 6.07 Å². The quantitative estimate of drug-likeness (QED) is 0.728. The summed E-state index contributed by atoms with van der Waals surface area (Å²) in [5.74, 6) is -0.390. The van der Waals surface area contributed by atoms with Gasteiger partial charge in [-0.25, -0.2) is 4.79 Å². The van der Waals surface area contributed by atoms with Gasteiger partial charge in [-0.05, 0) is 67.8 Å². The molecular formula is C22H24N2O5. The van der Waals surface area contributed by atoms with Crippen LogP contribution in [-0.2, 0) is 19.1 Å². The molecule has 3 rings (SSSR count). The lowest BCUT2D eigenvalue weighted by Crippen LogP contribution is -2.24. The van der Waals surface area contributed by atoms with Crippen LogP contribution in [-0.4, -0.2) is 37.5 Å². The van der Waals surface area contributed by atoms with Crippen molar-refractivity contribution in [2.75, 3.05) is 30.0 Å². The molecule has 152 valence electrons. The Morgan fingerprint density at radius 3 is 2.45 bits per heavy atom. The Kier molecular flexibility index (Phi) is 6.49. The normalized spacial score (nSPS) is 13.3. The number of benzene rings is 2. The lowest BCUT2D eigenvalue weighted by Gasteiger charge is -2.16. The smallest absolute Gasteiger partial charge is 0.344 e. The van der Waals surface area contributed by atoms with Crippen molar-refractivity contribution in [1.29, 1.82) is 0 Å². The minimum atomic E-state index is -0.624. The molecule has 1 fully saturated rings. The number of nitrogens with zero attached hydrogens (tertiary/aromatic N) is 1. The third kappa shape index (κ3) is 5.57. The molecule has 0 aromatic heterocycles. The van der Waals surface area contributed by atoms with Gasteiger partial charge in [0.1, 0.15) is 5.75 Å². The Bertz CT molecular complexity index is 908. The van der Waals surface area contributed by atoms with E-state index in [1.54, 1.807) is 35.2 Å². The molecule has 0 saturated carbocycles. The zero-order chi connectivity index (χ0) is 20.8. The number of anilines is 2. The predicted octanol–water partition coefficient (Wildman–Crippen LogP) is 2.99. The number of hydrogen-bond acceptors (Lipinski definition) is 5. The van der Waals surface area contributed by atoms with E-state index in [2.05, 4.69) is 5.32 Å². The first-order valence-corrected chi connectivity index (χ1v) is 9.48. The lowest BCUT2D eigenvalue weighted by molar-refractivity contribution is -0.149. The number of carbonyl (C=O) groups excluding carboxylic acids is 3. The van der Waals surface area contributed by atoms with Crippen LogP contribution in [0.4, 0.5) is 11.4 Å². The topological polar surface area (TPSA) is 84.9 Å². The third-order valence-corrected chi connectivity index (χ3v) is 4.74. The first-order chi connectivity index (χ1) is 13.9. The van der Waals surface area contributed by atoms with E-state index in [1.807, 2.05) is 26.0 Å². The zero-order valence-electron chi connectivity index (χ0n) is 16.6. The summed E-state index contributed by atoms with van der Waals surface area (Å²) in [6.07, 6.45) is 1.42. The highest BCUT2D eigenvalue weighted by molar-refractivity contribution is 5.96. The second-order valence-electron chi connectivity index (χ2n) is 6.94. The fourth-order valence-corrected chi connectivity index (χ4v) is 2.98. The molecule has 1 aliphatic heterocycles. The van der Waals surface area contributed by atoms with E-state index in [9.17, 15) is 14.4 Å². The number of amides is 2. The van der Waals surface area contributed by atoms with Crippen molar-refractivity contribution < 1.29 is 23.9 Å². The highest BCUT2D eigenvalue weighted by atomic mass is 16.6. The summed E-state index contributed by atoms with van der Waals surface area (Å²) < 4.78 is 10.3. The fraction of sp³-hybridized carbons (Fsp3) is 0.318. The third-order valence-electron chi connectivity index (χ3n) is 4.74. The maximum atomic E-state index is 12.0. The minimum absolute atomic E-state index is 0.108. The largest absolute Gasteiger partial charge is 0.482 e. The molecule has 0 aliphatic carbocycles. The van der Waals surface area contributed by atoms with Crippen LogP contribution < -0.4 is 15.0 Å². The SMILES string of the molecule is Cc1ccc(OCC(=O)OCC(=O)Nc2ccc(N3CCCC3=O)cc2)cc1C. The minimum Gasteiger partial charge on any atom is -0.482 e. The Morgan fingerprint density at radius 1 is 1.03 bits per heavy atom. The maximum Gasteiger partial charge on any atom is 0.344 e. The van der Waals surface area contributed by atoms with Gasteiger partial charge in [-0.3, -0.25) is 9.59 Å². The molecule has 0 spiro atoms. The number of aryl methyl sites for hydroxylation is 2. The average Bonchev–Trinajstić information content (AvgIpc) is 3.14. The first-order valence-electron chi connectivity index (χ1n) is 9.48. The van der Waals surface area contributed by atoms with Crippen molar-refractivity contribution in [2.24, 2.45) is 0 Å². The van der Waals surface area contributed by atoms with Crippen LogP contribution >= 0.6 is 0 Å². The molecule has 0 bridgehead atoms. The van der Waals surface area contributed by atoms with E-state index < -0.39 is 18.5 Å². The number of nitrogens with one attached hydrogen (secondary N) is 1. The molecule has 1 heterocycles. The molecule has 0 radical (unpaired) electrons. The zero-order valence-corrected chi connectivity index (χ0v) is 16.6. The predicted molar refractivity (Wildman–Crippen MR) is 109 cm³/mol. The van der Waals surface area contributed by atoms with E-state index >= 15 is 0 Å². The fourth-order valence-electron chi connectivity index (χ4n) is 2.98. The van der Waals surface area contributed by atoms with Crippen molar-refractivity contribution in [1.82, 2.24) is 0 Å². The van der Waals surface area contributed by atoms with Gasteiger partial charge in [0.2, 0.25) is 5.91 Å². The van der Waals surface area contributed by atoms with Crippen LogP contribution in [0.3, 0.4) is 0 Å². The molecule has 1 aliphatic rings. The van der Waals surface area contributed by atoms with Gasteiger partial charge in [0.05, 0.1) is 0 Å². The monoisotopic (exact) mass is 396 g/mol. The molecule has 1 N–H and O–H groups in total. The Morgan fingerprint density at radius 2 is 1.79 bits per heavy atom. The van der Waals surface area contributed by atoms with Crippen molar-refractivity contribution in [3.8, 4) is 5.75 Å². The number of ether oxygens (including phenoxy) is 2. The maximum absolute atomic E-state index is 12.0. The molecule has 2 aromatic carbocycles. The van der Waals surface area contributed by atoms with E-state index in [1.165, 1.54) is 0 Å². The highest BCUT2D eigenvalue weighted by Gasteiger charge is 2.21. The molecule has 2 amide bonds. The van der Waals surface area contributed by atoms with Crippen LogP contribution in [0, 0.1) is 13.8 Å². The van der Waals surface area contributed by atoms with Crippen LogP contribution in [0.25, 0.3) is 0 Å². The summed E-state index contributed by atoms with van der Waals surface area (Å²) in [6, 6.07) is 12.5. The molecule has 7 heteroatoms. The summed E-state index contributed by atoms with van der Waals surface area (Å²) >= 11 is 0. The second kappa shape index (κ2) is 9.23. The summed E-state index contributed by atoms with van der Waals surface area (Å²) in [6.45, 7) is 3.99. The van der Waals surface area contributed by atoms with Gasteiger partial charge in [0.25, 0.3) is 5.91 Å². The summed E-state index contributed by atoms with van der Waals surface area (Å²) in [7, 11) is 0. The molecular weight excluding hydrogens is 372 g/mol. The van der Waals surface area contributed by atoms with Crippen molar-refractivity contribution in [2.45, 2.75) is 26.7 Å². The standard InChI is InChI=1S/C22H24N2O5/c1-15-5-10-19(12-16(15)2)28-14-22(27)29-13-20(25)23-17-6-8-18(9-7-17)24-11-3-4-21(24)26/h5-10,12H,3-4,11,13-14H2,1-2H3,(H,23,25). The van der Waals surface area contributed by atoms with Crippen LogP contribution in [0.5, 0.6) is 5.75 Å². The van der Waals surface area contributed by atoms with Gasteiger partial charge < -0.3 is 19.7 Å². The van der Waals surface area contributed by atoms with E-state index in [-0.39, 0.29) is 12.5 Å². The van der Waals surface area contributed by atoms with E-state index in [4.69, 9.17) is 9.47 Å². The van der Waals surface area contributed by atoms with Gasteiger partial charge in [-0.2, -0.15) is 0 Å². The molecule has 7 nitrogen and oxygen atoms in total. The van der Waals surface area contributed by atoms with Crippen LogP contribution in [0.15, 0.2) is 42.5 Å². The second-order valence-corrected chi connectivity index (χ2v) is 6.94. The number of hydrogen-bond donors (Lipinski definition) is 1. The number of rotatable bonds is 7. The van der Waals surface area contributed by atoms with Crippen molar-refractivity contribution in [3.05, 3.63) is 53.6 Å². The Hall–Kier alpha value is -3.35. The van der Waals surface area contributed by atoms with E-state index in [0.717, 1.165) is 23.2 Å². The van der Waals surface area contributed by atoms with Gasteiger partial charge >= 0.3 is 5.97 Å². The molecule has 1 saturated heterocycles. The molecule has 0 unspecified atom stereocenters. The average molecular weight is 396 g/mol. The highest BCUT2D eigenvalue weighted by Crippen LogP contribution is 2.23. The summed E-state index contributed by atoms with van der Waals surface area (Å²) in [4.78, 5) is 37.2. The first kappa shape index (κ1) is 20.4. The van der Waals surface area contributed by atoms with Crippen LogP contribution in [0.2, 0.25) is 0 Å². The molecule has 29 heavy (non-hydrogen) atoms. The van der Waals surface area contributed by atoms with E-state index in [0.29, 0.717) is 24.4 Å². The number of carbonyl (C=O) groups is 3. The van der Waals surface area contributed by atoms with Gasteiger partial charge in [-0.15, -0.1) is 0 Å². The number of esters is 1. The van der Waals surface area contributed by atoms with Crippen molar-refractivity contribution in [3.63, 3.8) is 0 Å².